The van der Waals surface area contributed by atoms with Gasteiger partial charge in [-0.1, -0.05) is 19.4 Å². The lowest BCUT2D eigenvalue weighted by atomic mass is 10.1. The van der Waals surface area contributed by atoms with Gasteiger partial charge in [-0.05, 0) is 24.1 Å². The summed E-state index contributed by atoms with van der Waals surface area (Å²) in [6, 6.07) is 4.45. The van der Waals surface area contributed by atoms with Crippen molar-refractivity contribution >= 4 is 15.9 Å². The predicted octanol–water partition coefficient (Wildman–Crippen LogP) is 1.65. The van der Waals surface area contributed by atoms with Crippen LogP contribution in [0.3, 0.4) is 0 Å². The third kappa shape index (κ3) is 5.15. The number of nitrogens with zero attached hydrogens (tertiary/aromatic N) is 2. The Labute approximate surface area is 148 Å². The zero-order valence-electron chi connectivity index (χ0n) is 14.7. The van der Waals surface area contributed by atoms with Gasteiger partial charge in [-0.3, -0.25) is 4.79 Å². The molecule has 8 heteroatoms. The zero-order chi connectivity index (χ0) is 18.4. The first-order valence-electron chi connectivity index (χ1n) is 8.45. The Hall–Kier alpha value is -1.67. The molecule has 1 heterocycles. The van der Waals surface area contributed by atoms with E-state index >= 15 is 0 Å². The van der Waals surface area contributed by atoms with Gasteiger partial charge in [0.25, 0.3) is 0 Å². The summed E-state index contributed by atoms with van der Waals surface area (Å²) < 4.78 is 44.4. The Morgan fingerprint density at radius 2 is 1.92 bits per heavy atom. The van der Waals surface area contributed by atoms with Crippen molar-refractivity contribution in [3.8, 4) is 5.75 Å². The Bertz CT molecular complexity index is 701. The number of halogens is 1. The number of sulfonamides is 1. The molecular weight excluding hydrogens is 347 g/mol. The number of unbranched alkanes of at least 4 members (excludes halogenated alkanes) is 1. The second-order valence-electron chi connectivity index (χ2n) is 6.10. The molecule has 1 saturated heterocycles. The number of methoxy groups -OCH3 is 1. The molecule has 0 radical (unpaired) electrons. The number of piperazine rings is 1. The predicted molar refractivity (Wildman–Crippen MR) is 93.5 cm³/mol. The molecule has 0 aliphatic carbocycles. The Morgan fingerprint density at radius 1 is 1.24 bits per heavy atom. The SMILES string of the molecule is CCCCS(=O)(=O)N1CCN(C(=O)Cc2ccc(OC)c(F)c2)CC1. The highest BCUT2D eigenvalue weighted by Crippen LogP contribution is 2.19. The summed E-state index contributed by atoms with van der Waals surface area (Å²) in [7, 11) is -1.85. The average Bonchev–Trinajstić information content (AvgIpc) is 2.60. The highest BCUT2D eigenvalue weighted by atomic mass is 32.2. The molecule has 1 fully saturated rings. The second kappa shape index (κ2) is 8.62. The van der Waals surface area contributed by atoms with E-state index in [2.05, 4.69) is 0 Å². The van der Waals surface area contributed by atoms with Crippen molar-refractivity contribution < 1.29 is 22.3 Å². The average molecular weight is 372 g/mol. The van der Waals surface area contributed by atoms with E-state index in [4.69, 9.17) is 4.74 Å². The Balaban J connectivity index is 1.90. The van der Waals surface area contributed by atoms with Crippen molar-refractivity contribution in [2.45, 2.75) is 26.2 Å². The van der Waals surface area contributed by atoms with E-state index in [0.717, 1.165) is 6.42 Å². The van der Waals surface area contributed by atoms with E-state index in [-0.39, 0.29) is 23.8 Å². The molecule has 0 bridgehead atoms. The number of hydrogen-bond donors (Lipinski definition) is 0. The molecule has 1 aliphatic rings. The molecule has 2 rings (SSSR count). The molecule has 1 aromatic rings. The van der Waals surface area contributed by atoms with Crippen LogP contribution in [0.15, 0.2) is 18.2 Å². The minimum atomic E-state index is -3.23. The molecule has 6 nitrogen and oxygen atoms in total. The van der Waals surface area contributed by atoms with E-state index in [0.29, 0.717) is 38.2 Å². The van der Waals surface area contributed by atoms with Crippen molar-refractivity contribution in [1.82, 2.24) is 9.21 Å². The van der Waals surface area contributed by atoms with Crippen LogP contribution in [0.1, 0.15) is 25.3 Å². The first kappa shape index (κ1) is 19.7. The van der Waals surface area contributed by atoms with Gasteiger partial charge >= 0.3 is 0 Å². The van der Waals surface area contributed by atoms with Crippen molar-refractivity contribution in [3.05, 3.63) is 29.6 Å². The maximum Gasteiger partial charge on any atom is 0.227 e. The summed E-state index contributed by atoms with van der Waals surface area (Å²) in [5.74, 6) is -0.334. The summed E-state index contributed by atoms with van der Waals surface area (Å²) in [6.45, 7) is 3.31. The number of amides is 1. The third-order valence-corrected chi connectivity index (χ3v) is 6.27. The van der Waals surface area contributed by atoms with Crippen molar-refractivity contribution in [2.24, 2.45) is 0 Å². The van der Waals surface area contributed by atoms with E-state index in [1.165, 1.54) is 23.5 Å². The van der Waals surface area contributed by atoms with Gasteiger partial charge in [0.2, 0.25) is 15.9 Å². The van der Waals surface area contributed by atoms with Gasteiger partial charge in [0.15, 0.2) is 11.6 Å². The smallest absolute Gasteiger partial charge is 0.227 e. The lowest BCUT2D eigenvalue weighted by Crippen LogP contribution is -2.51. The standard InChI is InChI=1S/C17H25FN2O4S/c1-3-4-11-25(22,23)20-9-7-19(8-10-20)17(21)13-14-5-6-16(24-2)15(18)12-14/h5-6,12H,3-4,7-11,13H2,1-2H3. The van der Waals surface area contributed by atoms with Crippen molar-refractivity contribution in [3.63, 3.8) is 0 Å². The Kier molecular flexibility index (Phi) is 6.78. The molecule has 1 aliphatic heterocycles. The van der Waals surface area contributed by atoms with Crippen LogP contribution < -0.4 is 4.74 Å². The molecular formula is C17H25FN2O4S. The van der Waals surface area contributed by atoms with Crippen LogP contribution in [0.2, 0.25) is 0 Å². The van der Waals surface area contributed by atoms with Gasteiger partial charge in [0.1, 0.15) is 0 Å². The van der Waals surface area contributed by atoms with Crippen molar-refractivity contribution in [2.75, 3.05) is 39.0 Å². The fourth-order valence-corrected chi connectivity index (χ4v) is 4.41. The number of hydrogen-bond acceptors (Lipinski definition) is 4. The molecule has 25 heavy (non-hydrogen) atoms. The number of benzene rings is 1. The van der Waals surface area contributed by atoms with Gasteiger partial charge in [-0.2, -0.15) is 4.31 Å². The first-order chi connectivity index (χ1) is 11.9. The van der Waals surface area contributed by atoms with Gasteiger partial charge in [0.05, 0.1) is 19.3 Å². The maximum absolute atomic E-state index is 13.7. The highest BCUT2D eigenvalue weighted by molar-refractivity contribution is 7.89. The Morgan fingerprint density at radius 3 is 2.48 bits per heavy atom. The zero-order valence-corrected chi connectivity index (χ0v) is 15.5. The monoisotopic (exact) mass is 372 g/mol. The highest BCUT2D eigenvalue weighted by Gasteiger charge is 2.28. The number of ether oxygens (including phenoxy) is 1. The van der Waals surface area contributed by atoms with Crippen LogP contribution in [-0.4, -0.2) is 62.6 Å². The summed E-state index contributed by atoms with van der Waals surface area (Å²) in [4.78, 5) is 14.0. The summed E-state index contributed by atoms with van der Waals surface area (Å²) >= 11 is 0. The molecule has 0 N–H and O–H groups in total. The third-order valence-electron chi connectivity index (χ3n) is 4.31. The largest absolute Gasteiger partial charge is 0.494 e. The van der Waals surface area contributed by atoms with E-state index in [1.807, 2.05) is 6.92 Å². The van der Waals surface area contributed by atoms with Crippen LogP contribution in [0.5, 0.6) is 5.75 Å². The summed E-state index contributed by atoms with van der Waals surface area (Å²) in [6.07, 6.45) is 1.56. The number of carbonyl (C=O) groups is 1. The van der Waals surface area contributed by atoms with Gasteiger partial charge in [-0.15, -0.1) is 0 Å². The summed E-state index contributed by atoms with van der Waals surface area (Å²) in [5, 5.41) is 0. The lowest BCUT2D eigenvalue weighted by Gasteiger charge is -2.34. The fourth-order valence-electron chi connectivity index (χ4n) is 2.78. The van der Waals surface area contributed by atoms with Gasteiger partial charge in [-0.25, -0.2) is 12.8 Å². The van der Waals surface area contributed by atoms with Crippen LogP contribution in [0.4, 0.5) is 4.39 Å². The first-order valence-corrected chi connectivity index (χ1v) is 10.1. The lowest BCUT2D eigenvalue weighted by molar-refractivity contribution is -0.131. The van der Waals surface area contributed by atoms with Crippen LogP contribution in [-0.2, 0) is 21.2 Å². The molecule has 1 amide bonds. The minimum absolute atomic E-state index is 0.0868. The van der Waals surface area contributed by atoms with E-state index in [1.54, 1.807) is 11.0 Å². The fraction of sp³-hybridized carbons (Fsp3) is 0.588. The molecule has 1 aromatic carbocycles. The summed E-state index contributed by atoms with van der Waals surface area (Å²) in [5.41, 5.74) is 0.571. The topological polar surface area (TPSA) is 66.9 Å². The van der Waals surface area contributed by atoms with Crippen LogP contribution >= 0.6 is 0 Å². The molecule has 140 valence electrons. The van der Waals surface area contributed by atoms with Gasteiger partial charge in [0, 0.05) is 26.2 Å². The number of rotatable bonds is 7. The molecule has 0 unspecified atom stereocenters. The quantitative estimate of drug-likeness (QED) is 0.730. The van der Waals surface area contributed by atoms with Crippen LogP contribution in [0, 0.1) is 5.82 Å². The van der Waals surface area contributed by atoms with Gasteiger partial charge < -0.3 is 9.64 Å². The number of carbonyl (C=O) groups excluding carboxylic acids is 1. The maximum atomic E-state index is 13.7. The van der Waals surface area contributed by atoms with E-state index < -0.39 is 15.8 Å². The second-order valence-corrected chi connectivity index (χ2v) is 8.18. The minimum Gasteiger partial charge on any atom is -0.494 e. The molecule has 0 aromatic heterocycles. The van der Waals surface area contributed by atoms with Crippen molar-refractivity contribution in [1.29, 1.82) is 0 Å². The normalized spacial score (nSPS) is 16.0. The van der Waals surface area contributed by atoms with Crippen LogP contribution in [0.25, 0.3) is 0 Å². The molecule has 0 atom stereocenters. The molecule has 0 saturated carbocycles. The van der Waals surface area contributed by atoms with E-state index in [9.17, 15) is 17.6 Å². The molecule has 0 spiro atoms.